The highest BCUT2D eigenvalue weighted by atomic mass is 16.3. The van der Waals surface area contributed by atoms with Crippen molar-refractivity contribution in [3.63, 3.8) is 0 Å². The van der Waals surface area contributed by atoms with Gasteiger partial charge >= 0.3 is 0 Å². The Morgan fingerprint density at radius 3 is 2.63 bits per heavy atom. The number of rotatable bonds is 2. The van der Waals surface area contributed by atoms with Gasteiger partial charge in [-0.05, 0) is 38.7 Å². The third-order valence-corrected chi connectivity index (χ3v) is 3.88. The van der Waals surface area contributed by atoms with E-state index in [1.54, 1.807) is 0 Å². The zero-order valence-corrected chi connectivity index (χ0v) is 12.5. The molecule has 0 saturated carbocycles. The summed E-state index contributed by atoms with van der Waals surface area (Å²) < 4.78 is 5.55. The fourth-order valence-electron chi connectivity index (χ4n) is 2.59. The number of guanidine groups is 1. The summed E-state index contributed by atoms with van der Waals surface area (Å²) in [4.78, 5) is 6.74. The van der Waals surface area contributed by atoms with E-state index in [1.165, 1.54) is 18.4 Å². The molecule has 1 N–H and O–H groups in total. The average molecular weight is 263 g/mol. The largest absolute Gasteiger partial charge is 0.466 e. The molecular weight excluding hydrogens is 238 g/mol. The second kappa shape index (κ2) is 6.13. The maximum atomic E-state index is 5.55. The SMILES string of the molecule is CN=C(NCc1cc(C)oc1C)N1CCC(C)CC1. The Morgan fingerprint density at radius 1 is 1.42 bits per heavy atom. The predicted molar refractivity (Wildman–Crippen MR) is 78.4 cm³/mol. The first-order valence-electron chi connectivity index (χ1n) is 7.11. The number of aliphatic imine (C=N–C) groups is 1. The van der Waals surface area contributed by atoms with Crippen LogP contribution in [0.2, 0.25) is 0 Å². The van der Waals surface area contributed by atoms with Gasteiger partial charge < -0.3 is 14.6 Å². The lowest BCUT2D eigenvalue weighted by atomic mass is 10.00. The minimum absolute atomic E-state index is 0.780. The van der Waals surface area contributed by atoms with Crippen LogP contribution < -0.4 is 5.32 Å². The van der Waals surface area contributed by atoms with Gasteiger partial charge in [0.2, 0.25) is 0 Å². The summed E-state index contributed by atoms with van der Waals surface area (Å²) in [6, 6.07) is 2.09. The van der Waals surface area contributed by atoms with Crippen LogP contribution in [0.25, 0.3) is 0 Å². The van der Waals surface area contributed by atoms with Crippen molar-refractivity contribution in [2.24, 2.45) is 10.9 Å². The van der Waals surface area contributed by atoms with E-state index < -0.39 is 0 Å². The third kappa shape index (κ3) is 3.52. The van der Waals surface area contributed by atoms with E-state index in [-0.39, 0.29) is 0 Å². The normalized spacial score (nSPS) is 17.9. The molecule has 1 aliphatic rings. The summed E-state index contributed by atoms with van der Waals surface area (Å²) in [5.41, 5.74) is 1.21. The molecule has 0 amide bonds. The minimum Gasteiger partial charge on any atom is -0.466 e. The second-order valence-corrected chi connectivity index (χ2v) is 5.51. The number of nitrogens with one attached hydrogen (secondary N) is 1. The van der Waals surface area contributed by atoms with Crippen molar-refractivity contribution >= 4 is 5.96 Å². The molecule has 4 heteroatoms. The van der Waals surface area contributed by atoms with Crippen LogP contribution in [0.1, 0.15) is 36.8 Å². The first kappa shape index (κ1) is 14.0. The van der Waals surface area contributed by atoms with Crippen molar-refractivity contribution in [3.8, 4) is 0 Å². The number of nitrogens with zero attached hydrogens (tertiary/aromatic N) is 2. The van der Waals surface area contributed by atoms with E-state index in [4.69, 9.17) is 4.42 Å². The van der Waals surface area contributed by atoms with Crippen LogP contribution in [0, 0.1) is 19.8 Å². The fourth-order valence-corrected chi connectivity index (χ4v) is 2.59. The van der Waals surface area contributed by atoms with Crippen LogP contribution in [0.5, 0.6) is 0 Å². The molecule has 2 heterocycles. The van der Waals surface area contributed by atoms with Gasteiger partial charge in [0.1, 0.15) is 11.5 Å². The highest BCUT2D eigenvalue weighted by Gasteiger charge is 2.18. The summed E-state index contributed by atoms with van der Waals surface area (Å²) in [6.45, 7) is 9.30. The van der Waals surface area contributed by atoms with Gasteiger partial charge in [-0.15, -0.1) is 0 Å². The molecule has 0 bridgehead atoms. The van der Waals surface area contributed by atoms with Gasteiger partial charge in [-0.3, -0.25) is 4.99 Å². The molecule has 106 valence electrons. The molecular formula is C15H25N3O. The molecule has 1 aromatic heterocycles. The van der Waals surface area contributed by atoms with Crippen LogP contribution in [0.3, 0.4) is 0 Å². The van der Waals surface area contributed by atoms with E-state index in [0.29, 0.717) is 0 Å². The first-order valence-corrected chi connectivity index (χ1v) is 7.11. The summed E-state index contributed by atoms with van der Waals surface area (Å²) in [5.74, 6) is 3.81. The van der Waals surface area contributed by atoms with Crippen molar-refractivity contribution in [3.05, 3.63) is 23.2 Å². The molecule has 0 radical (unpaired) electrons. The van der Waals surface area contributed by atoms with Gasteiger partial charge in [-0.2, -0.15) is 0 Å². The Kier molecular flexibility index (Phi) is 4.51. The smallest absolute Gasteiger partial charge is 0.193 e. The van der Waals surface area contributed by atoms with E-state index in [2.05, 4.69) is 28.2 Å². The topological polar surface area (TPSA) is 40.8 Å². The Bertz CT molecular complexity index is 442. The second-order valence-electron chi connectivity index (χ2n) is 5.51. The van der Waals surface area contributed by atoms with E-state index >= 15 is 0 Å². The molecule has 2 rings (SSSR count). The monoisotopic (exact) mass is 263 g/mol. The van der Waals surface area contributed by atoms with Crippen LogP contribution in [-0.4, -0.2) is 31.0 Å². The summed E-state index contributed by atoms with van der Waals surface area (Å²) in [6.07, 6.45) is 2.51. The van der Waals surface area contributed by atoms with Gasteiger partial charge in [-0.1, -0.05) is 6.92 Å². The van der Waals surface area contributed by atoms with Gasteiger partial charge in [0.25, 0.3) is 0 Å². The van der Waals surface area contributed by atoms with Crippen LogP contribution in [-0.2, 0) is 6.54 Å². The maximum Gasteiger partial charge on any atom is 0.193 e. The van der Waals surface area contributed by atoms with Crippen LogP contribution in [0.15, 0.2) is 15.5 Å². The fraction of sp³-hybridized carbons (Fsp3) is 0.667. The van der Waals surface area contributed by atoms with Gasteiger partial charge in [0.05, 0.1) is 0 Å². The van der Waals surface area contributed by atoms with Crippen molar-refractivity contribution in [1.29, 1.82) is 0 Å². The Balaban J connectivity index is 1.91. The zero-order chi connectivity index (χ0) is 13.8. The standard InChI is InChI=1S/C15H25N3O/c1-11-5-7-18(8-6-11)15(16-4)17-10-14-9-12(2)19-13(14)3/h9,11H,5-8,10H2,1-4H3,(H,16,17). The summed E-state index contributed by atoms with van der Waals surface area (Å²) >= 11 is 0. The van der Waals surface area contributed by atoms with Gasteiger partial charge in [-0.25, -0.2) is 0 Å². The Labute approximate surface area is 115 Å². The molecule has 4 nitrogen and oxygen atoms in total. The van der Waals surface area contributed by atoms with Crippen molar-refractivity contribution in [2.75, 3.05) is 20.1 Å². The molecule has 1 aromatic rings. The molecule has 19 heavy (non-hydrogen) atoms. The maximum absolute atomic E-state index is 5.55. The average Bonchev–Trinajstić information content (AvgIpc) is 2.71. The number of piperidine rings is 1. The number of aryl methyl sites for hydroxylation is 2. The van der Waals surface area contributed by atoms with E-state index in [1.807, 2.05) is 20.9 Å². The number of hydrogen-bond acceptors (Lipinski definition) is 2. The molecule has 0 aliphatic carbocycles. The molecule has 0 spiro atoms. The summed E-state index contributed by atoms with van der Waals surface area (Å²) in [5, 5.41) is 3.44. The van der Waals surface area contributed by atoms with Gasteiger partial charge in [0, 0.05) is 32.2 Å². The van der Waals surface area contributed by atoms with Crippen molar-refractivity contribution < 1.29 is 4.42 Å². The quantitative estimate of drug-likeness (QED) is 0.659. The Hall–Kier alpha value is -1.45. The Morgan fingerprint density at radius 2 is 2.11 bits per heavy atom. The predicted octanol–water partition coefficient (Wildman–Crippen LogP) is 2.70. The first-order chi connectivity index (χ1) is 9.10. The third-order valence-electron chi connectivity index (χ3n) is 3.88. The highest BCUT2D eigenvalue weighted by molar-refractivity contribution is 5.79. The van der Waals surface area contributed by atoms with Crippen molar-refractivity contribution in [2.45, 2.75) is 40.2 Å². The van der Waals surface area contributed by atoms with E-state index in [0.717, 1.165) is 43.0 Å². The number of hydrogen-bond donors (Lipinski definition) is 1. The van der Waals surface area contributed by atoms with E-state index in [9.17, 15) is 0 Å². The van der Waals surface area contributed by atoms with Crippen LogP contribution >= 0.6 is 0 Å². The molecule has 1 saturated heterocycles. The number of furan rings is 1. The number of likely N-dealkylation sites (tertiary alicyclic amines) is 1. The molecule has 0 aromatic carbocycles. The lowest BCUT2D eigenvalue weighted by Crippen LogP contribution is -2.45. The zero-order valence-electron chi connectivity index (χ0n) is 12.5. The lowest BCUT2D eigenvalue weighted by Gasteiger charge is -2.32. The molecule has 0 atom stereocenters. The molecule has 1 fully saturated rings. The lowest BCUT2D eigenvalue weighted by molar-refractivity contribution is 0.273. The molecule has 1 aliphatic heterocycles. The minimum atomic E-state index is 0.780. The molecule has 0 unspecified atom stereocenters. The van der Waals surface area contributed by atoms with Gasteiger partial charge in [0.15, 0.2) is 5.96 Å². The van der Waals surface area contributed by atoms with Crippen molar-refractivity contribution in [1.82, 2.24) is 10.2 Å². The van der Waals surface area contributed by atoms with Crippen LogP contribution in [0.4, 0.5) is 0 Å². The summed E-state index contributed by atoms with van der Waals surface area (Å²) in [7, 11) is 1.86. The highest BCUT2D eigenvalue weighted by Crippen LogP contribution is 2.17.